The number of piperazine rings is 1. The molecular formula is C19H17Cl2N3O2S. The lowest BCUT2D eigenvalue weighted by atomic mass is 10.2. The number of amides is 1. The first kappa shape index (κ1) is 18.6. The van der Waals surface area contributed by atoms with E-state index in [0.717, 1.165) is 31.3 Å². The summed E-state index contributed by atoms with van der Waals surface area (Å²) in [5.41, 5.74) is 0.716. The second-order valence-corrected chi connectivity index (χ2v) is 8.28. The Morgan fingerprint density at radius 3 is 2.70 bits per heavy atom. The van der Waals surface area contributed by atoms with Crippen molar-refractivity contribution in [2.45, 2.75) is 0 Å². The van der Waals surface area contributed by atoms with Crippen molar-refractivity contribution in [1.82, 2.24) is 9.80 Å². The molecule has 0 unspecified atom stereocenters. The summed E-state index contributed by atoms with van der Waals surface area (Å²) < 4.78 is 5.85. The van der Waals surface area contributed by atoms with Crippen molar-refractivity contribution >= 4 is 52.1 Å². The Morgan fingerprint density at radius 1 is 1.15 bits per heavy atom. The van der Waals surface area contributed by atoms with Gasteiger partial charge in [0.15, 0.2) is 5.17 Å². The molecule has 0 bridgehead atoms. The largest absolute Gasteiger partial charge is 0.457 e. The van der Waals surface area contributed by atoms with Crippen LogP contribution >= 0.6 is 35.0 Å². The lowest BCUT2D eigenvalue weighted by Crippen LogP contribution is -2.46. The summed E-state index contributed by atoms with van der Waals surface area (Å²) in [6, 6.07) is 8.83. The molecular weight excluding hydrogens is 405 g/mol. The monoisotopic (exact) mass is 421 g/mol. The van der Waals surface area contributed by atoms with E-state index >= 15 is 0 Å². The molecule has 1 amide bonds. The van der Waals surface area contributed by atoms with Crippen molar-refractivity contribution in [3.63, 3.8) is 0 Å². The number of rotatable bonds is 2. The molecule has 1 fully saturated rings. The fourth-order valence-electron chi connectivity index (χ4n) is 2.92. The zero-order valence-electron chi connectivity index (χ0n) is 14.6. The maximum Gasteiger partial charge on any atom is 0.286 e. The van der Waals surface area contributed by atoms with Crippen molar-refractivity contribution < 1.29 is 9.21 Å². The van der Waals surface area contributed by atoms with Crippen LogP contribution in [-0.4, -0.2) is 54.1 Å². The fraction of sp³-hybridized carbons (Fsp3) is 0.263. The molecule has 0 radical (unpaired) electrons. The summed E-state index contributed by atoms with van der Waals surface area (Å²) in [6.45, 7) is 3.69. The number of carbonyl (C=O) groups excluding carboxylic acids is 1. The van der Waals surface area contributed by atoms with E-state index in [0.29, 0.717) is 32.0 Å². The van der Waals surface area contributed by atoms with Gasteiger partial charge >= 0.3 is 0 Å². The van der Waals surface area contributed by atoms with Crippen LogP contribution in [0.15, 0.2) is 44.6 Å². The van der Waals surface area contributed by atoms with Crippen molar-refractivity contribution in [1.29, 1.82) is 0 Å². The summed E-state index contributed by atoms with van der Waals surface area (Å²) in [5, 5.41) is 1.90. The molecule has 8 heteroatoms. The van der Waals surface area contributed by atoms with Gasteiger partial charge in [0.25, 0.3) is 5.91 Å². The molecule has 27 heavy (non-hydrogen) atoms. The van der Waals surface area contributed by atoms with E-state index in [2.05, 4.69) is 21.8 Å². The Kier molecular flexibility index (Phi) is 5.32. The molecule has 3 heterocycles. The number of benzene rings is 1. The maximum absolute atomic E-state index is 12.3. The SMILES string of the molecule is CN1CCN(C2=NC(=O)C(=Cc3ccc(-c4cc(Cl)ccc4Cl)o3)S2)CC1. The minimum Gasteiger partial charge on any atom is -0.457 e. The lowest BCUT2D eigenvalue weighted by molar-refractivity contribution is -0.113. The van der Waals surface area contributed by atoms with Gasteiger partial charge in [0.2, 0.25) is 0 Å². The van der Waals surface area contributed by atoms with Gasteiger partial charge in [-0.3, -0.25) is 4.79 Å². The average molecular weight is 422 g/mol. The standard InChI is InChI=1S/C19H17Cl2N3O2S/c1-23-6-8-24(9-7-23)19-22-18(25)17(27-19)11-13-3-5-16(26-13)14-10-12(20)2-4-15(14)21/h2-5,10-11H,6-9H2,1H3. The van der Waals surface area contributed by atoms with Gasteiger partial charge in [0.05, 0.1) is 9.93 Å². The summed E-state index contributed by atoms with van der Waals surface area (Å²) in [5.74, 6) is 0.949. The number of aliphatic imine (C=N–C) groups is 1. The number of furan rings is 1. The first-order valence-corrected chi connectivity index (χ1v) is 10.1. The third kappa shape index (κ3) is 4.09. The molecule has 4 rings (SSSR count). The van der Waals surface area contributed by atoms with Crippen molar-refractivity contribution in [3.8, 4) is 11.3 Å². The molecule has 5 nitrogen and oxygen atoms in total. The van der Waals surface area contributed by atoms with Gasteiger partial charge < -0.3 is 14.2 Å². The average Bonchev–Trinajstić information content (AvgIpc) is 3.25. The molecule has 0 atom stereocenters. The first-order valence-electron chi connectivity index (χ1n) is 8.51. The third-order valence-electron chi connectivity index (χ3n) is 4.48. The molecule has 0 saturated carbocycles. The van der Waals surface area contributed by atoms with Crippen LogP contribution < -0.4 is 0 Å². The van der Waals surface area contributed by atoms with Crippen LogP contribution in [0, 0.1) is 0 Å². The molecule has 1 saturated heterocycles. The van der Waals surface area contributed by atoms with Gasteiger partial charge in [0.1, 0.15) is 11.5 Å². The molecule has 0 N–H and O–H groups in total. The zero-order valence-corrected chi connectivity index (χ0v) is 16.9. The number of nitrogens with zero attached hydrogens (tertiary/aromatic N) is 3. The highest BCUT2D eigenvalue weighted by molar-refractivity contribution is 8.18. The minimum absolute atomic E-state index is 0.229. The Bertz CT molecular complexity index is 946. The summed E-state index contributed by atoms with van der Waals surface area (Å²) in [7, 11) is 2.10. The smallest absolute Gasteiger partial charge is 0.286 e. The van der Waals surface area contributed by atoms with Crippen LogP contribution in [0.5, 0.6) is 0 Å². The second kappa shape index (κ2) is 7.72. The van der Waals surface area contributed by atoms with Crippen LogP contribution in [-0.2, 0) is 4.79 Å². The highest BCUT2D eigenvalue weighted by atomic mass is 35.5. The quantitative estimate of drug-likeness (QED) is 0.669. The van der Waals surface area contributed by atoms with Crippen LogP contribution in [0.4, 0.5) is 0 Å². The van der Waals surface area contributed by atoms with Gasteiger partial charge in [-0.25, -0.2) is 0 Å². The van der Waals surface area contributed by atoms with Crippen molar-refractivity contribution in [2.75, 3.05) is 33.2 Å². The maximum atomic E-state index is 12.3. The topological polar surface area (TPSA) is 49.0 Å². The number of amidine groups is 1. The van der Waals surface area contributed by atoms with E-state index in [1.807, 2.05) is 6.07 Å². The number of hydrogen-bond acceptors (Lipinski definition) is 5. The molecule has 0 spiro atoms. The van der Waals surface area contributed by atoms with Crippen LogP contribution in [0.25, 0.3) is 17.4 Å². The molecule has 2 aromatic rings. The van der Waals surface area contributed by atoms with E-state index < -0.39 is 0 Å². The van der Waals surface area contributed by atoms with Gasteiger partial charge in [-0.1, -0.05) is 23.2 Å². The lowest BCUT2D eigenvalue weighted by Gasteiger charge is -2.32. The molecule has 0 aliphatic carbocycles. The fourth-order valence-corrected chi connectivity index (χ4v) is 4.25. The van der Waals surface area contributed by atoms with Crippen LogP contribution in [0.1, 0.15) is 5.76 Å². The molecule has 1 aromatic carbocycles. The summed E-state index contributed by atoms with van der Waals surface area (Å²) in [4.78, 5) is 21.5. The van der Waals surface area contributed by atoms with E-state index in [1.54, 1.807) is 30.3 Å². The highest BCUT2D eigenvalue weighted by Gasteiger charge is 2.28. The number of likely N-dealkylation sites (N-methyl/N-ethyl adjacent to an activating group) is 1. The van der Waals surface area contributed by atoms with Crippen molar-refractivity contribution in [3.05, 3.63) is 51.0 Å². The Morgan fingerprint density at radius 2 is 1.93 bits per heavy atom. The molecule has 2 aliphatic rings. The van der Waals surface area contributed by atoms with Gasteiger partial charge in [-0.05, 0) is 49.1 Å². The van der Waals surface area contributed by atoms with Crippen LogP contribution in [0.3, 0.4) is 0 Å². The number of halogens is 2. The normalized spacial score (nSPS) is 19.8. The molecule has 140 valence electrons. The number of hydrogen-bond donors (Lipinski definition) is 0. The van der Waals surface area contributed by atoms with Gasteiger partial charge in [-0.15, -0.1) is 0 Å². The predicted molar refractivity (Wildman–Crippen MR) is 111 cm³/mol. The van der Waals surface area contributed by atoms with Crippen LogP contribution in [0.2, 0.25) is 10.0 Å². The van der Waals surface area contributed by atoms with E-state index in [9.17, 15) is 4.79 Å². The first-order chi connectivity index (χ1) is 13.0. The number of carbonyl (C=O) groups is 1. The molecule has 2 aliphatic heterocycles. The molecule has 1 aromatic heterocycles. The second-order valence-electron chi connectivity index (χ2n) is 6.43. The number of thioether (sulfide) groups is 1. The van der Waals surface area contributed by atoms with E-state index in [4.69, 9.17) is 27.6 Å². The zero-order chi connectivity index (χ0) is 19.0. The Balaban J connectivity index is 1.51. The van der Waals surface area contributed by atoms with Gasteiger partial charge in [0, 0.05) is 42.8 Å². The Hall–Kier alpha value is -1.73. The minimum atomic E-state index is -0.229. The third-order valence-corrected chi connectivity index (χ3v) is 6.09. The predicted octanol–water partition coefficient (Wildman–Crippen LogP) is 4.47. The van der Waals surface area contributed by atoms with Gasteiger partial charge in [-0.2, -0.15) is 4.99 Å². The Labute approximate surface area is 171 Å². The van der Waals surface area contributed by atoms with E-state index in [1.165, 1.54) is 11.8 Å². The summed E-state index contributed by atoms with van der Waals surface area (Å²) in [6.07, 6.45) is 1.72. The van der Waals surface area contributed by atoms with Crippen molar-refractivity contribution in [2.24, 2.45) is 4.99 Å². The summed E-state index contributed by atoms with van der Waals surface area (Å²) >= 11 is 13.7. The van der Waals surface area contributed by atoms with E-state index in [-0.39, 0.29) is 5.91 Å². The highest BCUT2D eigenvalue weighted by Crippen LogP contribution is 2.34.